The molecular weight excluding hydrogens is 328 g/mol. The summed E-state index contributed by atoms with van der Waals surface area (Å²) >= 11 is 1.65. The molecule has 2 aromatic rings. The smallest absolute Gasteiger partial charge is 0.361 e. The summed E-state index contributed by atoms with van der Waals surface area (Å²) in [5.41, 5.74) is 2.00. The number of fused-ring (bicyclic) bond motifs is 6. The van der Waals surface area contributed by atoms with Gasteiger partial charge in [-0.05, 0) is 25.1 Å². The SMILES string of the molecule is CCOC1Oc2ccc3c(c2O1)Sc1ccccc1C31OCCO1. The molecule has 24 heavy (non-hydrogen) atoms. The van der Waals surface area contributed by atoms with E-state index in [4.69, 9.17) is 23.7 Å². The van der Waals surface area contributed by atoms with E-state index in [9.17, 15) is 0 Å². The Labute approximate surface area is 143 Å². The minimum Gasteiger partial charge on any atom is -0.428 e. The lowest BCUT2D eigenvalue weighted by molar-refractivity contribution is -0.174. The third-order valence-electron chi connectivity index (χ3n) is 4.32. The van der Waals surface area contributed by atoms with Crippen molar-refractivity contribution in [3.05, 3.63) is 47.5 Å². The molecule has 3 heterocycles. The van der Waals surface area contributed by atoms with E-state index >= 15 is 0 Å². The highest BCUT2D eigenvalue weighted by atomic mass is 32.2. The van der Waals surface area contributed by atoms with Gasteiger partial charge in [0, 0.05) is 16.0 Å². The average molecular weight is 344 g/mol. The minimum absolute atomic E-state index is 0.521. The first-order valence-corrected chi connectivity index (χ1v) is 8.81. The van der Waals surface area contributed by atoms with Gasteiger partial charge in [0.15, 0.2) is 11.5 Å². The summed E-state index contributed by atoms with van der Waals surface area (Å²) < 4.78 is 29.3. The van der Waals surface area contributed by atoms with Crippen molar-refractivity contribution in [1.29, 1.82) is 0 Å². The van der Waals surface area contributed by atoms with Gasteiger partial charge in [0.2, 0.25) is 5.79 Å². The fourth-order valence-corrected chi connectivity index (χ4v) is 4.58. The van der Waals surface area contributed by atoms with Crippen molar-refractivity contribution < 1.29 is 23.7 Å². The first-order chi connectivity index (χ1) is 11.8. The van der Waals surface area contributed by atoms with Crippen LogP contribution < -0.4 is 9.47 Å². The van der Waals surface area contributed by atoms with E-state index < -0.39 is 12.3 Å². The summed E-state index contributed by atoms with van der Waals surface area (Å²) in [5.74, 6) is 0.523. The second-order valence-electron chi connectivity index (χ2n) is 5.66. The van der Waals surface area contributed by atoms with E-state index in [1.807, 2.05) is 31.2 Å². The molecule has 0 aromatic heterocycles. The molecule has 3 aliphatic rings. The van der Waals surface area contributed by atoms with Crippen LogP contribution >= 0.6 is 11.8 Å². The second-order valence-corrected chi connectivity index (χ2v) is 6.71. The Kier molecular flexibility index (Phi) is 3.28. The molecule has 0 saturated carbocycles. The Morgan fingerprint density at radius 2 is 1.92 bits per heavy atom. The van der Waals surface area contributed by atoms with Crippen molar-refractivity contribution in [2.24, 2.45) is 0 Å². The van der Waals surface area contributed by atoms with Crippen LogP contribution in [0.5, 0.6) is 11.5 Å². The summed E-state index contributed by atoms with van der Waals surface area (Å²) in [6.07, 6.45) is 0. The van der Waals surface area contributed by atoms with Crippen LogP contribution in [0.4, 0.5) is 0 Å². The van der Waals surface area contributed by atoms with Crippen LogP contribution in [0.2, 0.25) is 0 Å². The molecule has 5 nitrogen and oxygen atoms in total. The van der Waals surface area contributed by atoms with Crippen LogP contribution in [0.15, 0.2) is 46.2 Å². The fourth-order valence-electron chi connectivity index (χ4n) is 3.34. The van der Waals surface area contributed by atoms with Crippen LogP contribution in [-0.4, -0.2) is 26.3 Å². The second kappa shape index (κ2) is 5.39. The Morgan fingerprint density at radius 1 is 1.08 bits per heavy atom. The van der Waals surface area contributed by atoms with E-state index in [0.29, 0.717) is 31.3 Å². The van der Waals surface area contributed by atoms with Crippen molar-refractivity contribution in [3.8, 4) is 11.5 Å². The minimum atomic E-state index is -0.862. The molecule has 1 atom stereocenters. The Bertz CT molecular complexity index is 800. The van der Waals surface area contributed by atoms with Gasteiger partial charge in [0.05, 0.1) is 24.7 Å². The molecule has 3 aliphatic heterocycles. The molecule has 1 saturated heterocycles. The first-order valence-electron chi connectivity index (χ1n) is 7.99. The third kappa shape index (κ3) is 1.94. The maximum Gasteiger partial charge on any atom is 0.361 e. The van der Waals surface area contributed by atoms with Crippen LogP contribution in [0.1, 0.15) is 18.1 Å². The summed E-state index contributed by atoms with van der Waals surface area (Å²) in [5, 5.41) is 0. The molecule has 0 aliphatic carbocycles. The molecule has 0 bridgehead atoms. The molecular formula is C18H16O5S. The molecule has 6 heteroatoms. The molecule has 2 aromatic carbocycles. The molecule has 1 fully saturated rings. The highest BCUT2D eigenvalue weighted by molar-refractivity contribution is 7.99. The van der Waals surface area contributed by atoms with Crippen molar-refractivity contribution in [2.75, 3.05) is 19.8 Å². The van der Waals surface area contributed by atoms with Gasteiger partial charge in [-0.1, -0.05) is 30.0 Å². The Balaban J connectivity index is 1.67. The van der Waals surface area contributed by atoms with Gasteiger partial charge in [-0.2, -0.15) is 0 Å². The predicted octanol–water partition coefficient (Wildman–Crippen LogP) is 3.49. The summed E-state index contributed by atoms with van der Waals surface area (Å²) in [6, 6.07) is 12.1. The van der Waals surface area contributed by atoms with E-state index in [1.165, 1.54) is 0 Å². The molecule has 1 unspecified atom stereocenters. The fraction of sp³-hybridized carbons (Fsp3) is 0.333. The largest absolute Gasteiger partial charge is 0.428 e. The average Bonchev–Trinajstić information content (AvgIpc) is 3.23. The molecule has 0 N–H and O–H groups in total. The summed E-state index contributed by atoms with van der Waals surface area (Å²) in [7, 11) is 0. The molecule has 1 spiro atoms. The van der Waals surface area contributed by atoms with Gasteiger partial charge in [0.25, 0.3) is 0 Å². The number of ether oxygens (including phenoxy) is 5. The number of hydrogen-bond acceptors (Lipinski definition) is 6. The zero-order chi connectivity index (χ0) is 16.1. The van der Waals surface area contributed by atoms with Crippen molar-refractivity contribution >= 4 is 11.8 Å². The monoisotopic (exact) mass is 344 g/mol. The summed E-state index contributed by atoms with van der Waals surface area (Å²) in [4.78, 5) is 2.07. The van der Waals surface area contributed by atoms with Crippen LogP contribution in [-0.2, 0) is 20.0 Å². The van der Waals surface area contributed by atoms with Gasteiger partial charge >= 0.3 is 6.48 Å². The zero-order valence-corrected chi connectivity index (χ0v) is 13.9. The standard InChI is InChI=1S/C18H16O5S/c1-2-19-17-22-13-8-7-12-16(15(13)23-17)24-14-6-4-3-5-11(14)18(12)20-9-10-21-18/h3-8,17H,2,9-10H2,1H3. The summed E-state index contributed by atoms with van der Waals surface area (Å²) in [6.45, 7) is 2.86. The lowest BCUT2D eigenvalue weighted by Crippen LogP contribution is -2.32. The normalized spacial score (nSPS) is 22.5. The van der Waals surface area contributed by atoms with Crippen molar-refractivity contribution in [1.82, 2.24) is 0 Å². The molecule has 5 rings (SSSR count). The van der Waals surface area contributed by atoms with E-state index in [1.54, 1.807) is 11.8 Å². The van der Waals surface area contributed by atoms with Gasteiger partial charge in [-0.15, -0.1) is 0 Å². The van der Waals surface area contributed by atoms with Gasteiger partial charge in [0.1, 0.15) is 0 Å². The quantitative estimate of drug-likeness (QED) is 0.831. The lowest BCUT2D eigenvalue weighted by Gasteiger charge is -2.35. The molecule has 124 valence electrons. The van der Waals surface area contributed by atoms with E-state index in [0.717, 1.165) is 20.9 Å². The lowest BCUT2D eigenvalue weighted by atomic mass is 9.96. The highest BCUT2D eigenvalue weighted by Gasteiger charge is 2.48. The number of hydrogen-bond donors (Lipinski definition) is 0. The van der Waals surface area contributed by atoms with Gasteiger partial charge in [-0.3, -0.25) is 0 Å². The Hall–Kier alpha value is -1.73. The predicted molar refractivity (Wildman–Crippen MR) is 86.4 cm³/mol. The molecule has 0 amide bonds. The highest BCUT2D eigenvalue weighted by Crippen LogP contribution is 2.57. The third-order valence-corrected chi connectivity index (χ3v) is 5.50. The van der Waals surface area contributed by atoms with Crippen molar-refractivity contribution in [3.63, 3.8) is 0 Å². The first kappa shape index (κ1) is 14.6. The van der Waals surface area contributed by atoms with E-state index in [-0.39, 0.29) is 0 Å². The maximum atomic E-state index is 6.11. The van der Waals surface area contributed by atoms with Crippen LogP contribution in [0.25, 0.3) is 0 Å². The van der Waals surface area contributed by atoms with Gasteiger partial charge < -0.3 is 23.7 Å². The van der Waals surface area contributed by atoms with Crippen molar-refractivity contribution in [2.45, 2.75) is 29.0 Å². The van der Waals surface area contributed by atoms with Crippen LogP contribution in [0, 0.1) is 0 Å². The van der Waals surface area contributed by atoms with Crippen LogP contribution in [0.3, 0.4) is 0 Å². The number of rotatable bonds is 2. The van der Waals surface area contributed by atoms with E-state index in [2.05, 4.69) is 12.1 Å². The molecule has 0 radical (unpaired) electrons. The number of benzene rings is 2. The maximum absolute atomic E-state index is 6.11. The zero-order valence-electron chi connectivity index (χ0n) is 13.1. The Morgan fingerprint density at radius 3 is 2.75 bits per heavy atom. The van der Waals surface area contributed by atoms with Gasteiger partial charge in [-0.25, -0.2) is 0 Å². The topological polar surface area (TPSA) is 46.2 Å².